The molecule has 21 nitrogen and oxygen atoms in total. The standard InChI is InChI=1S/C27H51F2N7O14/c28-27(29,6-32)22(43)23(44)36-9-2-8(33)19(48-24-13(34)10(38)1-7(3-30)45-24)21(15(9)39)50-26-18(42)20(12(5-37)47-26)49-25-14(35)17(41)16(40)11(4-31)46-25/h7-22,24-26,37-43H,1-6,30-35H2,(H,36,44)/t7-,8-,9+,10-,11-,12+,13+,14+,15-,16+,17+,18+,19+,20+,21+,22?,24+,25+,26-/m0/s1. The van der Waals surface area contributed by atoms with E-state index in [9.17, 15) is 49.3 Å². The summed E-state index contributed by atoms with van der Waals surface area (Å²) < 4.78 is 62.8. The summed E-state index contributed by atoms with van der Waals surface area (Å²) in [4.78, 5) is 12.6. The lowest BCUT2D eigenvalue weighted by Gasteiger charge is -2.47. The highest BCUT2D eigenvalue weighted by Crippen LogP contribution is 2.35. The van der Waals surface area contributed by atoms with Crippen LogP contribution in [0.15, 0.2) is 0 Å². The molecule has 1 amide bonds. The number of aliphatic hydroxyl groups is 7. The molecule has 1 aliphatic carbocycles. The highest BCUT2D eigenvalue weighted by atomic mass is 19.3. The maximum absolute atomic E-state index is 14.0. The van der Waals surface area contributed by atoms with Crippen LogP contribution in [0.3, 0.4) is 0 Å². The van der Waals surface area contributed by atoms with E-state index in [1.165, 1.54) is 0 Å². The third-order valence-corrected chi connectivity index (χ3v) is 9.45. The lowest BCUT2D eigenvalue weighted by molar-refractivity contribution is -0.295. The Morgan fingerprint density at radius 3 is 1.98 bits per heavy atom. The van der Waals surface area contributed by atoms with Crippen LogP contribution in [0, 0.1) is 0 Å². The van der Waals surface area contributed by atoms with Gasteiger partial charge in [0.05, 0.1) is 43.5 Å². The van der Waals surface area contributed by atoms with E-state index >= 15 is 0 Å². The number of ether oxygens (including phenoxy) is 6. The van der Waals surface area contributed by atoms with E-state index in [4.69, 9.17) is 62.8 Å². The fourth-order valence-corrected chi connectivity index (χ4v) is 6.36. The van der Waals surface area contributed by atoms with E-state index in [0.717, 1.165) is 0 Å². The molecule has 0 aromatic carbocycles. The number of hydrogen-bond acceptors (Lipinski definition) is 20. The van der Waals surface area contributed by atoms with Gasteiger partial charge in [0.1, 0.15) is 54.9 Å². The van der Waals surface area contributed by atoms with Crippen LogP contribution in [0.4, 0.5) is 8.78 Å². The number of amides is 1. The predicted molar refractivity (Wildman–Crippen MR) is 161 cm³/mol. The van der Waals surface area contributed by atoms with Gasteiger partial charge in [0.25, 0.3) is 11.8 Å². The molecule has 292 valence electrons. The Morgan fingerprint density at radius 1 is 0.780 bits per heavy atom. The number of aliphatic hydroxyl groups excluding tert-OH is 7. The van der Waals surface area contributed by atoms with E-state index in [1.807, 2.05) is 0 Å². The molecule has 0 aromatic heterocycles. The topological polar surface area (TPSA) is 382 Å². The maximum atomic E-state index is 14.0. The van der Waals surface area contributed by atoms with Gasteiger partial charge in [-0.15, -0.1) is 0 Å². The molecule has 0 aromatic rings. The summed E-state index contributed by atoms with van der Waals surface area (Å²) in [5, 5.41) is 75.8. The number of nitrogens with one attached hydrogen (secondary N) is 1. The largest absolute Gasteiger partial charge is 0.394 e. The van der Waals surface area contributed by atoms with Crippen molar-refractivity contribution in [1.29, 1.82) is 0 Å². The molecule has 20 N–H and O–H groups in total. The molecule has 0 radical (unpaired) electrons. The first-order valence-electron chi connectivity index (χ1n) is 16.2. The van der Waals surface area contributed by atoms with Gasteiger partial charge in [-0.25, -0.2) is 8.78 Å². The summed E-state index contributed by atoms with van der Waals surface area (Å²) in [7, 11) is 0. The number of carbonyl (C=O) groups excluding carboxylic acids is 1. The normalized spacial score (nSPS) is 46.5. The first-order chi connectivity index (χ1) is 23.5. The van der Waals surface area contributed by atoms with E-state index in [1.54, 1.807) is 0 Å². The first-order valence-corrected chi connectivity index (χ1v) is 16.2. The maximum Gasteiger partial charge on any atom is 0.294 e. The van der Waals surface area contributed by atoms with Crippen molar-refractivity contribution < 1.29 is 77.7 Å². The SMILES string of the molecule is NC[C@@H]1C[C@H](O)[C@@H](N)[C@@H](O[C@H]2[C@H](O[C@@H]3O[C@H](CO)[C@@H](O[C@H]4O[C@@H](CN)[C@@H](O)[C@H](O)[C@H]4N)[C@H]3O)[C@@H](O)[C@H](NC(=O)C(O)C(F)(F)CN)C[C@@H]2N)O1. The molecule has 3 aliphatic heterocycles. The molecule has 50 heavy (non-hydrogen) atoms. The average molecular weight is 736 g/mol. The summed E-state index contributed by atoms with van der Waals surface area (Å²) in [5.41, 5.74) is 34.8. The lowest BCUT2D eigenvalue weighted by atomic mass is 9.83. The minimum absolute atomic E-state index is 0.0186. The van der Waals surface area contributed by atoms with Crippen molar-refractivity contribution in [2.24, 2.45) is 34.4 Å². The summed E-state index contributed by atoms with van der Waals surface area (Å²) in [6, 6.07) is -5.12. The summed E-state index contributed by atoms with van der Waals surface area (Å²) >= 11 is 0. The zero-order valence-corrected chi connectivity index (χ0v) is 26.9. The molecule has 1 unspecified atom stereocenters. The van der Waals surface area contributed by atoms with Crippen LogP contribution in [0.5, 0.6) is 0 Å². The van der Waals surface area contributed by atoms with Crippen LogP contribution in [-0.4, -0.2) is 190 Å². The number of nitrogens with two attached hydrogens (primary N) is 6. The molecule has 0 bridgehead atoms. The van der Waals surface area contributed by atoms with Crippen LogP contribution < -0.4 is 39.7 Å². The van der Waals surface area contributed by atoms with Gasteiger partial charge in [0.2, 0.25) is 0 Å². The Kier molecular flexibility index (Phi) is 14.2. The summed E-state index contributed by atoms with van der Waals surface area (Å²) in [6.07, 6.45) is -23.2. The summed E-state index contributed by atoms with van der Waals surface area (Å²) in [6.45, 7) is -2.38. The number of halogens is 2. The molecule has 4 rings (SSSR count). The highest BCUT2D eigenvalue weighted by Gasteiger charge is 2.55. The van der Waals surface area contributed by atoms with Gasteiger partial charge in [0, 0.05) is 25.6 Å². The number of hydrogen-bond donors (Lipinski definition) is 14. The number of rotatable bonds is 13. The van der Waals surface area contributed by atoms with Gasteiger partial charge in [-0.1, -0.05) is 0 Å². The molecule has 23 heteroatoms. The van der Waals surface area contributed by atoms with Crippen molar-refractivity contribution in [2.45, 2.75) is 135 Å². The van der Waals surface area contributed by atoms with Gasteiger partial charge in [-0.3, -0.25) is 4.79 Å². The van der Waals surface area contributed by atoms with Gasteiger partial charge < -0.3 is 104 Å². The van der Waals surface area contributed by atoms with Crippen LogP contribution >= 0.6 is 0 Å². The third kappa shape index (κ3) is 8.68. The first kappa shape index (κ1) is 41.3. The molecular weight excluding hydrogens is 684 g/mol. The Balaban J connectivity index is 1.58. The van der Waals surface area contributed by atoms with Gasteiger partial charge in [-0.05, 0) is 6.42 Å². The zero-order chi connectivity index (χ0) is 37.2. The Morgan fingerprint density at radius 2 is 1.38 bits per heavy atom. The van der Waals surface area contributed by atoms with E-state index in [0.29, 0.717) is 0 Å². The Labute approximate surface area is 285 Å². The molecule has 3 saturated heterocycles. The average Bonchev–Trinajstić information content (AvgIpc) is 3.39. The minimum atomic E-state index is -4.01. The van der Waals surface area contributed by atoms with Crippen molar-refractivity contribution in [2.75, 3.05) is 26.2 Å². The van der Waals surface area contributed by atoms with Crippen LogP contribution in [0.1, 0.15) is 12.8 Å². The van der Waals surface area contributed by atoms with Crippen molar-refractivity contribution in [1.82, 2.24) is 5.32 Å². The summed E-state index contributed by atoms with van der Waals surface area (Å²) in [5.74, 6) is -5.60. The van der Waals surface area contributed by atoms with Crippen LogP contribution in [0.2, 0.25) is 0 Å². The second-order valence-electron chi connectivity index (χ2n) is 13.0. The van der Waals surface area contributed by atoms with E-state index in [-0.39, 0.29) is 25.9 Å². The monoisotopic (exact) mass is 735 g/mol. The second-order valence-corrected chi connectivity index (χ2v) is 13.0. The molecule has 4 fully saturated rings. The quantitative estimate of drug-likeness (QED) is 0.0834. The van der Waals surface area contributed by atoms with Crippen molar-refractivity contribution >= 4 is 5.91 Å². The van der Waals surface area contributed by atoms with Crippen molar-refractivity contribution in [3.8, 4) is 0 Å². The van der Waals surface area contributed by atoms with E-state index in [2.05, 4.69) is 5.32 Å². The molecule has 1 saturated carbocycles. The molecule has 3 heterocycles. The van der Waals surface area contributed by atoms with Crippen LogP contribution in [-0.2, 0) is 33.2 Å². The third-order valence-electron chi connectivity index (χ3n) is 9.45. The highest BCUT2D eigenvalue weighted by molar-refractivity contribution is 5.82. The second kappa shape index (κ2) is 17.1. The zero-order valence-electron chi connectivity index (χ0n) is 26.9. The molecular formula is C27H51F2N7O14. The van der Waals surface area contributed by atoms with E-state index < -0.39 is 141 Å². The van der Waals surface area contributed by atoms with Crippen molar-refractivity contribution in [3.05, 3.63) is 0 Å². The van der Waals surface area contributed by atoms with Gasteiger partial charge in [0.15, 0.2) is 25.0 Å². The minimum Gasteiger partial charge on any atom is -0.394 e. The molecule has 0 spiro atoms. The smallest absolute Gasteiger partial charge is 0.294 e. The van der Waals surface area contributed by atoms with Gasteiger partial charge in [-0.2, -0.15) is 0 Å². The molecule has 19 atom stereocenters. The fourth-order valence-electron chi connectivity index (χ4n) is 6.36. The van der Waals surface area contributed by atoms with Crippen molar-refractivity contribution in [3.63, 3.8) is 0 Å². The Hall–Kier alpha value is -1.43. The molecule has 4 aliphatic rings. The Bertz CT molecular complexity index is 1110. The predicted octanol–water partition coefficient (Wildman–Crippen LogP) is -8.75. The lowest BCUT2D eigenvalue weighted by Crippen LogP contribution is -2.68. The number of alkyl halides is 2. The van der Waals surface area contributed by atoms with Gasteiger partial charge >= 0.3 is 0 Å². The van der Waals surface area contributed by atoms with Crippen LogP contribution in [0.25, 0.3) is 0 Å². The number of carbonyl (C=O) groups is 1. The fraction of sp³-hybridized carbons (Fsp3) is 0.963.